The molecule has 0 aromatic rings. The van der Waals surface area contributed by atoms with Crippen LogP contribution in [0.2, 0.25) is 0 Å². The van der Waals surface area contributed by atoms with Gasteiger partial charge in [-0.2, -0.15) is 0 Å². The van der Waals surface area contributed by atoms with Gasteiger partial charge in [0.1, 0.15) is 0 Å². The van der Waals surface area contributed by atoms with Crippen LogP contribution in [0.3, 0.4) is 0 Å². The number of amides is 1. The van der Waals surface area contributed by atoms with E-state index < -0.39 is 12.1 Å². The second-order valence-corrected chi connectivity index (χ2v) is 22.5. The Labute approximate surface area is 455 Å². The molecule has 73 heavy (non-hydrogen) atoms. The number of esters is 1. The number of carbonyl (C=O) groups is 2. The molecule has 0 saturated heterocycles. The van der Waals surface area contributed by atoms with E-state index in [1.165, 1.54) is 250 Å². The normalized spacial score (nSPS) is 12.8. The zero-order valence-corrected chi connectivity index (χ0v) is 49.1. The molecule has 3 N–H and O–H groups in total. The van der Waals surface area contributed by atoms with Crippen molar-refractivity contribution in [1.82, 2.24) is 5.32 Å². The van der Waals surface area contributed by atoms with E-state index in [0.717, 1.165) is 70.6 Å². The minimum Gasteiger partial charge on any atom is -0.466 e. The van der Waals surface area contributed by atoms with Crippen molar-refractivity contribution < 1.29 is 24.5 Å². The summed E-state index contributed by atoms with van der Waals surface area (Å²) in [6.45, 7) is 4.93. The zero-order chi connectivity index (χ0) is 52.9. The van der Waals surface area contributed by atoms with Crippen LogP contribution in [-0.4, -0.2) is 47.4 Å². The maximum Gasteiger partial charge on any atom is 0.305 e. The maximum atomic E-state index is 12.5. The highest BCUT2D eigenvalue weighted by molar-refractivity contribution is 5.76. The second kappa shape index (κ2) is 62.6. The van der Waals surface area contributed by atoms with Gasteiger partial charge < -0.3 is 20.3 Å². The van der Waals surface area contributed by atoms with Crippen molar-refractivity contribution in [2.45, 2.75) is 366 Å². The number of hydrogen-bond acceptors (Lipinski definition) is 5. The van der Waals surface area contributed by atoms with Crippen molar-refractivity contribution in [2.24, 2.45) is 0 Å². The predicted octanol–water partition coefficient (Wildman–Crippen LogP) is 20.8. The summed E-state index contributed by atoms with van der Waals surface area (Å²) >= 11 is 0. The van der Waals surface area contributed by atoms with E-state index in [0.29, 0.717) is 25.9 Å². The Bertz CT molecular complexity index is 1180. The van der Waals surface area contributed by atoms with Gasteiger partial charge in [0, 0.05) is 12.8 Å². The molecular weight excluding hydrogens is 899 g/mol. The summed E-state index contributed by atoms with van der Waals surface area (Å²) in [6.07, 6.45) is 78.8. The predicted molar refractivity (Wildman–Crippen MR) is 319 cm³/mol. The molecular formula is C67H127NO5. The van der Waals surface area contributed by atoms with Gasteiger partial charge in [0.25, 0.3) is 0 Å². The van der Waals surface area contributed by atoms with E-state index in [9.17, 15) is 19.8 Å². The number of carbonyl (C=O) groups excluding carboxylic acids is 2. The summed E-state index contributed by atoms with van der Waals surface area (Å²) in [4.78, 5) is 24.6. The molecule has 430 valence electrons. The number of allylic oxidation sites excluding steroid dienone is 6. The highest BCUT2D eigenvalue weighted by Crippen LogP contribution is 2.18. The molecule has 0 radical (unpaired) electrons. The van der Waals surface area contributed by atoms with E-state index in [1.54, 1.807) is 0 Å². The molecule has 0 aliphatic rings. The number of aliphatic hydroxyl groups is 2. The highest BCUT2D eigenvalue weighted by atomic mass is 16.5. The molecule has 2 atom stereocenters. The summed E-state index contributed by atoms with van der Waals surface area (Å²) < 4.78 is 5.46. The number of rotatable bonds is 61. The zero-order valence-electron chi connectivity index (χ0n) is 49.1. The third-order valence-corrected chi connectivity index (χ3v) is 15.2. The second-order valence-electron chi connectivity index (χ2n) is 22.5. The van der Waals surface area contributed by atoms with Gasteiger partial charge in [-0.05, 0) is 83.5 Å². The Morgan fingerprint density at radius 1 is 0.384 bits per heavy atom. The summed E-state index contributed by atoms with van der Waals surface area (Å²) in [7, 11) is 0. The molecule has 0 bridgehead atoms. The minimum absolute atomic E-state index is 0.0202. The fourth-order valence-electron chi connectivity index (χ4n) is 10.2. The Kier molecular flexibility index (Phi) is 61.0. The van der Waals surface area contributed by atoms with Crippen molar-refractivity contribution in [3.8, 4) is 0 Å². The first-order chi connectivity index (χ1) is 36.0. The average molecular weight is 1030 g/mol. The van der Waals surface area contributed by atoms with Gasteiger partial charge in [0.2, 0.25) is 5.91 Å². The van der Waals surface area contributed by atoms with Gasteiger partial charge in [-0.1, -0.05) is 294 Å². The van der Waals surface area contributed by atoms with Gasteiger partial charge in [0.05, 0.1) is 25.4 Å². The van der Waals surface area contributed by atoms with Crippen molar-refractivity contribution in [1.29, 1.82) is 0 Å². The van der Waals surface area contributed by atoms with Crippen molar-refractivity contribution in [3.05, 3.63) is 36.5 Å². The maximum absolute atomic E-state index is 12.5. The number of nitrogens with one attached hydrogen (secondary N) is 1. The molecule has 0 aromatic heterocycles. The molecule has 1 amide bonds. The van der Waals surface area contributed by atoms with E-state index in [2.05, 4.69) is 55.6 Å². The first-order valence-electron chi connectivity index (χ1n) is 32.8. The highest BCUT2D eigenvalue weighted by Gasteiger charge is 2.20. The molecule has 0 aliphatic heterocycles. The van der Waals surface area contributed by atoms with E-state index >= 15 is 0 Å². The molecule has 0 fully saturated rings. The van der Waals surface area contributed by atoms with Crippen LogP contribution in [0.4, 0.5) is 0 Å². The quantitative estimate of drug-likeness (QED) is 0.0244. The molecule has 0 saturated carbocycles. The molecule has 6 nitrogen and oxygen atoms in total. The summed E-state index contributed by atoms with van der Waals surface area (Å²) in [5.74, 6) is -0.0621. The van der Waals surface area contributed by atoms with Gasteiger partial charge in [-0.15, -0.1) is 0 Å². The van der Waals surface area contributed by atoms with E-state index in [1.807, 2.05) is 0 Å². The summed E-state index contributed by atoms with van der Waals surface area (Å²) in [5, 5.41) is 23.4. The van der Waals surface area contributed by atoms with Gasteiger partial charge >= 0.3 is 5.97 Å². The van der Waals surface area contributed by atoms with E-state index in [-0.39, 0.29) is 18.5 Å². The monoisotopic (exact) mass is 1030 g/mol. The number of aliphatic hydroxyl groups excluding tert-OH is 2. The van der Waals surface area contributed by atoms with Crippen LogP contribution in [0.25, 0.3) is 0 Å². The van der Waals surface area contributed by atoms with Crippen molar-refractivity contribution in [3.63, 3.8) is 0 Å². The fourth-order valence-corrected chi connectivity index (χ4v) is 10.2. The van der Waals surface area contributed by atoms with Crippen LogP contribution < -0.4 is 5.32 Å². The van der Waals surface area contributed by atoms with Gasteiger partial charge in [-0.3, -0.25) is 9.59 Å². The largest absolute Gasteiger partial charge is 0.466 e. The topological polar surface area (TPSA) is 95.9 Å². The lowest BCUT2D eigenvalue weighted by Gasteiger charge is -2.22. The molecule has 0 aliphatic carbocycles. The summed E-state index contributed by atoms with van der Waals surface area (Å²) in [6, 6.07) is -0.551. The fraction of sp³-hybridized carbons (Fsp3) is 0.881. The van der Waals surface area contributed by atoms with Crippen LogP contribution in [0.5, 0.6) is 0 Å². The van der Waals surface area contributed by atoms with Crippen molar-refractivity contribution in [2.75, 3.05) is 13.2 Å². The Balaban J connectivity index is 3.47. The average Bonchev–Trinajstić information content (AvgIpc) is 3.39. The molecule has 0 rings (SSSR count). The van der Waals surface area contributed by atoms with Crippen LogP contribution in [0.15, 0.2) is 36.5 Å². The molecule has 0 spiro atoms. The molecule has 0 heterocycles. The first-order valence-corrected chi connectivity index (χ1v) is 32.8. The van der Waals surface area contributed by atoms with Crippen LogP contribution >= 0.6 is 0 Å². The lowest BCUT2D eigenvalue weighted by atomic mass is 10.0. The third-order valence-electron chi connectivity index (χ3n) is 15.2. The number of ether oxygens (including phenoxy) is 1. The minimum atomic E-state index is -0.673. The van der Waals surface area contributed by atoms with Gasteiger partial charge in [0.15, 0.2) is 0 Å². The lowest BCUT2D eigenvalue weighted by molar-refractivity contribution is -0.143. The van der Waals surface area contributed by atoms with Crippen LogP contribution in [0.1, 0.15) is 354 Å². The smallest absolute Gasteiger partial charge is 0.305 e. The first kappa shape index (κ1) is 71.1. The SMILES string of the molecule is CCCCCCCCC/C=C\CCCCCCCC(=O)OCCCCC/C=C\C=C/CCCCCCCCCCCCC(=O)NC(CO)C(O)CCCCCCCCCCCCCCCCCCCCCCC. The molecule has 6 heteroatoms. The molecule has 0 aromatic carbocycles. The summed E-state index contributed by atoms with van der Waals surface area (Å²) in [5.41, 5.74) is 0. The number of unbranched alkanes of at least 4 members (excludes halogenated alkanes) is 45. The van der Waals surface area contributed by atoms with Crippen LogP contribution in [0, 0.1) is 0 Å². The third kappa shape index (κ3) is 59.2. The number of hydrogen-bond donors (Lipinski definition) is 3. The van der Waals surface area contributed by atoms with Crippen LogP contribution in [-0.2, 0) is 14.3 Å². The lowest BCUT2D eigenvalue weighted by Crippen LogP contribution is -2.45. The Morgan fingerprint density at radius 2 is 0.685 bits per heavy atom. The van der Waals surface area contributed by atoms with E-state index in [4.69, 9.17) is 4.74 Å². The Morgan fingerprint density at radius 3 is 1.05 bits per heavy atom. The standard InChI is InChI=1S/C67H127NO5/c1-3-5-7-9-11-13-15-17-19-21-22-23-25-28-31-35-39-43-47-51-55-59-65(70)64(63-69)68-66(71)60-56-52-48-44-40-36-32-29-26-24-27-30-34-38-42-46-50-54-58-62-73-67(72)61-57-53-49-45-41-37-33-20-18-16-14-12-10-8-6-4-2/h20,30,33-34,38,42,64-65,69-70H,3-19,21-29,31-32,35-37,39-41,43-63H2,1-2H3,(H,68,71)/b33-20-,34-30-,42-38-. The Hall–Kier alpha value is -1.92. The molecule has 2 unspecified atom stereocenters. The van der Waals surface area contributed by atoms with Gasteiger partial charge in [-0.25, -0.2) is 0 Å². The van der Waals surface area contributed by atoms with Crippen molar-refractivity contribution >= 4 is 11.9 Å².